The molecule has 1 aliphatic heterocycles. The summed E-state index contributed by atoms with van der Waals surface area (Å²) >= 11 is 0. The van der Waals surface area contributed by atoms with Gasteiger partial charge in [-0.2, -0.15) is 0 Å². The van der Waals surface area contributed by atoms with Crippen LogP contribution in [0.5, 0.6) is 0 Å². The van der Waals surface area contributed by atoms with E-state index in [0.717, 1.165) is 24.1 Å². The molecule has 1 heterocycles. The number of benzene rings is 1. The summed E-state index contributed by atoms with van der Waals surface area (Å²) in [6.07, 6.45) is 3.46. The molecule has 4 nitrogen and oxygen atoms in total. The summed E-state index contributed by atoms with van der Waals surface area (Å²) in [5.74, 6) is 0. The van der Waals surface area contributed by atoms with E-state index >= 15 is 0 Å². The Kier molecular flexibility index (Phi) is 3.19. The van der Waals surface area contributed by atoms with Crippen LogP contribution in [0, 0.1) is 17.0 Å². The van der Waals surface area contributed by atoms with E-state index in [9.17, 15) is 10.1 Å². The van der Waals surface area contributed by atoms with Gasteiger partial charge in [0.05, 0.1) is 4.92 Å². The fraction of sp³-hybridized carbons (Fsp3) is 0.500. The maximum Gasteiger partial charge on any atom is 0.272 e. The van der Waals surface area contributed by atoms with Crippen LogP contribution in [0.2, 0.25) is 0 Å². The number of nitrogens with one attached hydrogen (secondary N) is 1. The van der Waals surface area contributed by atoms with Crippen molar-refractivity contribution >= 4 is 5.69 Å². The summed E-state index contributed by atoms with van der Waals surface area (Å²) in [4.78, 5) is 10.5. The van der Waals surface area contributed by atoms with Crippen LogP contribution in [-0.2, 0) is 0 Å². The molecular weight excluding hydrogens is 204 g/mol. The molecule has 0 saturated carbocycles. The van der Waals surface area contributed by atoms with Gasteiger partial charge in [0.25, 0.3) is 5.69 Å². The number of hydrogen-bond acceptors (Lipinski definition) is 3. The number of hydrogen-bond donors (Lipinski definition) is 1. The van der Waals surface area contributed by atoms with E-state index < -0.39 is 0 Å². The summed E-state index contributed by atoms with van der Waals surface area (Å²) in [7, 11) is 0. The minimum atomic E-state index is -0.304. The van der Waals surface area contributed by atoms with Crippen LogP contribution in [0.1, 0.15) is 36.4 Å². The van der Waals surface area contributed by atoms with Crippen LogP contribution in [-0.4, -0.2) is 11.5 Å². The van der Waals surface area contributed by atoms with E-state index in [-0.39, 0.29) is 16.7 Å². The summed E-state index contributed by atoms with van der Waals surface area (Å²) < 4.78 is 0. The number of nitrogens with zero attached hydrogens (tertiary/aromatic N) is 1. The first-order chi connectivity index (χ1) is 7.68. The van der Waals surface area contributed by atoms with Crippen molar-refractivity contribution in [1.82, 2.24) is 5.32 Å². The van der Waals surface area contributed by atoms with Gasteiger partial charge in [0, 0.05) is 17.7 Å². The van der Waals surface area contributed by atoms with E-state index in [4.69, 9.17) is 0 Å². The SMILES string of the molecule is Cc1ccc([C@H]2CCCCN2)cc1[N+](=O)[O-]. The number of piperidine rings is 1. The summed E-state index contributed by atoms with van der Waals surface area (Å²) in [6, 6.07) is 5.82. The van der Waals surface area contributed by atoms with E-state index in [1.165, 1.54) is 12.8 Å². The second-order valence-electron chi connectivity index (χ2n) is 4.31. The number of aryl methyl sites for hydroxylation is 1. The zero-order valence-electron chi connectivity index (χ0n) is 9.40. The first-order valence-electron chi connectivity index (χ1n) is 5.67. The predicted octanol–water partition coefficient (Wildman–Crippen LogP) is 2.72. The van der Waals surface area contributed by atoms with Gasteiger partial charge >= 0.3 is 0 Å². The molecule has 1 saturated heterocycles. The van der Waals surface area contributed by atoms with Crippen molar-refractivity contribution in [3.05, 3.63) is 39.4 Å². The molecule has 1 aromatic rings. The quantitative estimate of drug-likeness (QED) is 0.616. The Hall–Kier alpha value is -1.42. The Balaban J connectivity index is 2.27. The van der Waals surface area contributed by atoms with Crippen molar-refractivity contribution in [2.75, 3.05) is 6.54 Å². The molecule has 0 amide bonds. The molecule has 0 aliphatic carbocycles. The lowest BCUT2D eigenvalue weighted by molar-refractivity contribution is -0.385. The number of nitro benzene ring substituents is 1. The standard InChI is InChI=1S/C12H16N2O2/c1-9-5-6-10(8-12(9)14(15)16)11-4-2-3-7-13-11/h5-6,8,11,13H,2-4,7H2,1H3/t11-/m1/s1. The van der Waals surface area contributed by atoms with Gasteiger partial charge in [0.15, 0.2) is 0 Å². The zero-order chi connectivity index (χ0) is 11.5. The monoisotopic (exact) mass is 220 g/mol. The molecule has 1 N–H and O–H groups in total. The second-order valence-corrected chi connectivity index (χ2v) is 4.31. The molecule has 4 heteroatoms. The molecule has 0 radical (unpaired) electrons. The van der Waals surface area contributed by atoms with Crippen LogP contribution in [0.4, 0.5) is 5.69 Å². The van der Waals surface area contributed by atoms with Crippen LogP contribution in [0.15, 0.2) is 18.2 Å². The highest BCUT2D eigenvalue weighted by atomic mass is 16.6. The Morgan fingerprint density at radius 2 is 2.25 bits per heavy atom. The van der Waals surface area contributed by atoms with Gasteiger partial charge < -0.3 is 5.32 Å². The molecule has 1 aliphatic rings. The molecule has 1 atom stereocenters. The number of rotatable bonds is 2. The predicted molar refractivity (Wildman–Crippen MR) is 62.4 cm³/mol. The van der Waals surface area contributed by atoms with Crippen molar-refractivity contribution in [3.63, 3.8) is 0 Å². The molecule has 86 valence electrons. The third-order valence-electron chi connectivity index (χ3n) is 3.14. The lowest BCUT2D eigenvalue weighted by Crippen LogP contribution is -2.26. The Morgan fingerprint density at radius 3 is 2.88 bits per heavy atom. The summed E-state index contributed by atoms with van der Waals surface area (Å²) in [5, 5.41) is 14.2. The lowest BCUT2D eigenvalue weighted by Gasteiger charge is -2.23. The zero-order valence-corrected chi connectivity index (χ0v) is 9.40. The molecule has 1 fully saturated rings. The molecule has 1 aromatic carbocycles. The fourth-order valence-corrected chi connectivity index (χ4v) is 2.18. The summed E-state index contributed by atoms with van der Waals surface area (Å²) in [5.41, 5.74) is 1.99. The van der Waals surface area contributed by atoms with Gasteiger partial charge in [-0.1, -0.05) is 18.6 Å². The highest BCUT2D eigenvalue weighted by molar-refractivity contribution is 5.43. The highest BCUT2D eigenvalue weighted by Crippen LogP contribution is 2.27. The van der Waals surface area contributed by atoms with E-state index in [1.54, 1.807) is 13.0 Å². The topological polar surface area (TPSA) is 55.2 Å². The third kappa shape index (κ3) is 2.22. The van der Waals surface area contributed by atoms with Gasteiger partial charge in [0.1, 0.15) is 0 Å². The Morgan fingerprint density at radius 1 is 1.44 bits per heavy atom. The van der Waals surface area contributed by atoms with Crippen LogP contribution < -0.4 is 5.32 Å². The van der Waals surface area contributed by atoms with Crippen LogP contribution >= 0.6 is 0 Å². The van der Waals surface area contributed by atoms with Gasteiger partial charge in [-0.25, -0.2) is 0 Å². The van der Waals surface area contributed by atoms with Gasteiger partial charge in [-0.05, 0) is 31.9 Å². The molecule has 0 bridgehead atoms. The van der Waals surface area contributed by atoms with Crippen LogP contribution in [0.3, 0.4) is 0 Å². The smallest absolute Gasteiger partial charge is 0.272 e. The van der Waals surface area contributed by atoms with E-state index in [2.05, 4.69) is 5.32 Å². The first-order valence-corrected chi connectivity index (χ1v) is 5.67. The Bertz CT molecular complexity index is 398. The lowest BCUT2D eigenvalue weighted by atomic mass is 9.96. The minimum Gasteiger partial charge on any atom is -0.310 e. The molecule has 16 heavy (non-hydrogen) atoms. The minimum absolute atomic E-state index is 0.227. The summed E-state index contributed by atoms with van der Waals surface area (Å²) in [6.45, 7) is 2.78. The van der Waals surface area contributed by atoms with Gasteiger partial charge in [0.2, 0.25) is 0 Å². The van der Waals surface area contributed by atoms with Gasteiger partial charge in [-0.3, -0.25) is 10.1 Å². The van der Waals surface area contributed by atoms with Crippen molar-refractivity contribution < 1.29 is 4.92 Å². The second kappa shape index (κ2) is 4.61. The van der Waals surface area contributed by atoms with Crippen molar-refractivity contribution in [1.29, 1.82) is 0 Å². The average molecular weight is 220 g/mol. The maximum atomic E-state index is 10.8. The third-order valence-corrected chi connectivity index (χ3v) is 3.14. The fourth-order valence-electron chi connectivity index (χ4n) is 2.18. The number of nitro groups is 1. The molecule has 0 unspecified atom stereocenters. The van der Waals surface area contributed by atoms with Gasteiger partial charge in [-0.15, -0.1) is 0 Å². The van der Waals surface area contributed by atoms with E-state index in [0.29, 0.717) is 0 Å². The normalized spacial score (nSPS) is 20.7. The maximum absolute atomic E-state index is 10.8. The molecule has 0 spiro atoms. The van der Waals surface area contributed by atoms with Crippen molar-refractivity contribution in [2.24, 2.45) is 0 Å². The molecule has 2 rings (SSSR count). The largest absolute Gasteiger partial charge is 0.310 e. The van der Waals surface area contributed by atoms with Crippen molar-refractivity contribution in [3.8, 4) is 0 Å². The Labute approximate surface area is 94.8 Å². The van der Waals surface area contributed by atoms with E-state index in [1.807, 2.05) is 12.1 Å². The van der Waals surface area contributed by atoms with Crippen molar-refractivity contribution in [2.45, 2.75) is 32.2 Å². The highest BCUT2D eigenvalue weighted by Gasteiger charge is 2.18. The average Bonchev–Trinajstić information content (AvgIpc) is 2.30. The molecule has 0 aromatic heterocycles. The first kappa shape index (κ1) is 11.1. The molecular formula is C12H16N2O2. The van der Waals surface area contributed by atoms with Crippen LogP contribution in [0.25, 0.3) is 0 Å².